The molecule has 0 unspecified atom stereocenters. The maximum absolute atomic E-state index is 12.5. The van der Waals surface area contributed by atoms with Crippen LogP contribution in [0.15, 0.2) is 29.3 Å². The number of thioether (sulfide) groups is 1. The molecule has 1 heterocycles. The van der Waals surface area contributed by atoms with Gasteiger partial charge in [-0.1, -0.05) is 12.1 Å². The topological polar surface area (TPSA) is 85.8 Å². The molecule has 7 nitrogen and oxygen atoms in total. The molecule has 0 spiro atoms. The van der Waals surface area contributed by atoms with Crippen molar-refractivity contribution in [3.63, 3.8) is 0 Å². The highest BCUT2D eigenvalue weighted by Crippen LogP contribution is 2.10. The lowest BCUT2D eigenvalue weighted by Gasteiger charge is -2.26. The van der Waals surface area contributed by atoms with Gasteiger partial charge in [-0.05, 0) is 30.9 Å². The van der Waals surface area contributed by atoms with E-state index in [4.69, 9.17) is 0 Å². The Kier molecular flexibility index (Phi) is 11.2. The monoisotopic (exact) mass is 505 g/mol. The van der Waals surface area contributed by atoms with Crippen molar-refractivity contribution in [3.05, 3.63) is 35.4 Å². The van der Waals surface area contributed by atoms with Crippen LogP contribution >= 0.6 is 35.7 Å². The second-order valence-corrected chi connectivity index (χ2v) is 6.87. The largest absolute Gasteiger partial charge is 0.357 e. The molecule has 2 amide bonds. The Hall–Kier alpha value is -1.49. The first-order valence-corrected chi connectivity index (χ1v) is 10.2. The molecular weight excluding hydrogens is 477 g/mol. The maximum atomic E-state index is 12.5. The van der Waals surface area contributed by atoms with E-state index in [0.29, 0.717) is 25.2 Å². The van der Waals surface area contributed by atoms with Crippen LogP contribution in [-0.4, -0.2) is 67.4 Å². The molecule has 0 bridgehead atoms. The standard InChI is InChI=1S/C18H27N5O2S.HI/c1-3-19-18(21-9-11-26-2)22-12-14-4-6-15(7-5-14)17(25)23-10-8-20-16(24)13-23;/h4-7H,3,8-13H2,1-2H3,(H,20,24)(H2,19,21,22);1H. The van der Waals surface area contributed by atoms with Crippen LogP contribution in [0, 0.1) is 0 Å². The number of halogens is 1. The van der Waals surface area contributed by atoms with Gasteiger partial charge in [0.25, 0.3) is 5.91 Å². The lowest BCUT2D eigenvalue weighted by molar-refractivity contribution is -0.123. The maximum Gasteiger partial charge on any atom is 0.254 e. The molecule has 1 aliphatic heterocycles. The number of guanidine groups is 1. The van der Waals surface area contributed by atoms with Gasteiger partial charge in [0.15, 0.2) is 5.96 Å². The van der Waals surface area contributed by atoms with Crippen LogP contribution in [0.2, 0.25) is 0 Å². The summed E-state index contributed by atoms with van der Waals surface area (Å²) >= 11 is 1.79. The third kappa shape index (κ3) is 7.96. The second-order valence-electron chi connectivity index (χ2n) is 5.89. The van der Waals surface area contributed by atoms with Gasteiger partial charge >= 0.3 is 0 Å². The van der Waals surface area contributed by atoms with Gasteiger partial charge in [-0.25, -0.2) is 4.99 Å². The van der Waals surface area contributed by atoms with E-state index in [1.807, 2.05) is 19.1 Å². The van der Waals surface area contributed by atoms with Crippen molar-refractivity contribution in [2.75, 3.05) is 44.7 Å². The summed E-state index contributed by atoms with van der Waals surface area (Å²) in [6.45, 7) is 5.42. The number of carbonyl (C=O) groups is 2. The fourth-order valence-corrected chi connectivity index (χ4v) is 2.84. The van der Waals surface area contributed by atoms with Crippen molar-refractivity contribution in [2.24, 2.45) is 4.99 Å². The number of nitrogens with one attached hydrogen (secondary N) is 3. The Labute approximate surface area is 182 Å². The van der Waals surface area contributed by atoms with E-state index < -0.39 is 0 Å². The van der Waals surface area contributed by atoms with Crippen molar-refractivity contribution in [1.29, 1.82) is 0 Å². The van der Waals surface area contributed by atoms with Gasteiger partial charge in [0.2, 0.25) is 5.91 Å². The normalized spacial score (nSPS) is 14.2. The molecule has 150 valence electrons. The molecule has 0 atom stereocenters. The minimum Gasteiger partial charge on any atom is -0.357 e. The Morgan fingerprint density at radius 3 is 2.67 bits per heavy atom. The molecule has 1 saturated heterocycles. The Bertz CT molecular complexity index is 639. The summed E-state index contributed by atoms with van der Waals surface area (Å²) in [4.78, 5) is 30.0. The van der Waals surface area contributed by atoms with Gasteiger partial charge < -0.3 is 20.9 Å². The summed E-state index contributed by atoms with van der Waals surface area (Å²) in [5.74, 6) is 1.60. The molecule has 1 aromatic rings. The molecule has 0 radical (unpaired) electrons. The van der Waals surface area contributed by atoms with Crippen molar-refractivity contribution in [3.8, 4) is 0 Å². The Morgan fingerprint density at radius 1 is 1.30 bits per heavy atom. The van der Waals surface area contributed by atoms with Crippen molar-refractivity contribution in [1.82, 2.24) is 20.9 Å². The van der Waals surface area contributed by atoms with E-state index in [0.717, 1.165) is 30.4 Å². The first kappa shape index (κ1) is 23.5. The zero-order chi connectivity index (χ0) is 18.8. The molecule has 1 aliphatic rings. The number of hydrogen-bond acceptors (Lipinski definition) is 4. The predicted octanol–water partition coefficient (Wildman–Crippen LogP) is 1.29. The van der Waals surface area contributed by atoms with Gasteiger partial charge in [0.1, 0.15) is 0 Å². The van der Waals surface area contributed by atoms with Crippen molar-refractivity contribution in [2.45, 2.75) is 13.5 Å². The summed E-state index contributed by atoms with van der Waals surface area (Å²) < 4.78 is 0. The third-order valence-corrected chi connectivity index (χ3v) is 4.50. The van der Waals surface area contributed by atoms with E-state index in [1.165, 1.54) is 0 Å². The highest BCUT2D eigenvalue weighted by Gasteiger charge is 2.21. The number of hydrogen-bond donors (Lipinski definition) is 3. The molecule has 0 aliphatic carbocycles. The summed E-state index contributed by atoms with van der Waals surface area (Å²) in [7, 11) is 0. The molecule has 2 rings (SSSR count). The molecular formula is C18H28IN5O2S. The molecule has 0 aromatic heterocycles. The zero-order valence-electron chi connectivity index (χ0n) is 15.8. The molecule has 0 saturated carbocycles. The summed E-state index contributed by atoms with van der Waals surface area (Å²) in [6, 6.07) is 7.42. The minimum absolute atomic E-state index is 0. The van der Waals surface area contributed by atoms with Crippen LogP contribution in [0.5, 0.6) is 0 Å². The van der Waals surface area contributed by atoms with Crippen molar-refractivity contribution < 1.29 is 9.59 Å². The average Bonchev–Trinajstić information content (AvgIpc) is 2.66. The predicted molar refractivity (Wildman–Crippen MR) is 122 cm³/mol. The molecule has 3 N–H and O–H groups in total. The quantitative estimate of drug-likeness (QED) is 0.225. The summed E-state index contributed by atoms with van der Waals surface area (Å²) in [6.07, 6.45) is 2.07. The Balaban J connectivity index is 0.00000364. The number of rotatable bonds is 7. The molecule has 1 aromatic carbocycles. The van der Waals surface area contributed by atoms with Crippen LogP contribution in [0.1, 0.15) is 22.8 Å². The number of aliphatic imine (C=N–C) groups is 1. The van der Waals surface area contributed by atoms with Crippen LogP contribution in [0.25, 0.3) is 0 Å². The smallest absolute Gasteiger partial charge is 0.254 e. The second kappa shape index (κ2) is 12.8. The first-order chi connectivity index (χ1) is 12.6. The fourth-order valence-electron chi connectivity index (χ4n) is 2.53. The van der Waals surface area contributed by atoms with Crippen LogP contribution in [-0.2, 0) is 11.3 Å². The fraction of sp³-hybridized carbons (Fsp3) is 0.500. The van der Waals surface area contributed by atoms with Gasteiger partial charge in [-0.3, -0.25) is 9.59 Å². The first-order valence-electron chi connectivity index (χ1n) is 8.80. The van der Waals surface area contributed by atoms with E-state index in [2.05, 4.69) is 27.2 Å². The van der Waals surface area contributed by atoms with Crippen LogP contribution in [0.4, 0.5) is 0 Å². The lowest BCUT2D eigenvalue weighted by atomic mass is 10.1. The van der Waals surface area contributed by atoms with Gasteiger partial charge in [-0.2, -0.15) is 11.8 Å². The molecule has 27 heavy (non-hydrogen) atoms. The molecule has 9 heteroatoms. The van der Waals surface area contributed by atoms with E-state index >= 15 is 0 Å². The Morgan fingerprint density at radius 2 is 2.04 bits per heavy atom. The van der Waals surface area contributed by atoms with Crippen molar-refractivity contribution >= 4 is 53.5 Å². The van der Waals surface area contributed by atoms with Gasteiger partial charge in [0.05, 0.1) is 13.1 Å². The summed E-state index contributed by atoms with van der Waals surface area (Å²) in [5, 5.41) is 9.23. The van der Waals surface area contributed by atoms with E-state index in [1.54, 1.807) is 28.8 Å². The number of carbonyl (C=O) groups excluding carboxylic acids is 2. The third-order valence-electron chi connectivity index (χ3n) is 3.89. The highest BCUT2D eigenvalue weighted by molar-refractivity contribution is 14.0. The average molecular weight is 505 g/mol. The minimum atomic E-state index is -0.111. The van der Waals surface area contributed by atoms with Crippen LogP contribution < -0.4 is 16.0 Å². The van der Waals surface area contributed by atoms with E-state index in [-0.39, 0.29) is 42.3 Å². The summed E-state index contributed by atoms with van der Waals surface area (Å²) in [5.41, 5.74) is 1.62. The number of nitrogens with zero attached hydrogens (tertiary/aromatic N) is 2. The lowest BCUT2D eigenvalue weighted by Crippen LogP contribution is -2.49. The SMILES string of the molecule is CCNC(=NCc1ccc(C(=O)N2CCNC(=O)C2)cc1)NCCSC.I. The zero-order valence-corrected chi connectivity index (χ0v) is 18.9. The number of amides is 2. The molecule has 1 fully saturated rings. The number of benzene rings is 1. The van der Waals surface area contributed by atoms with Crippen LogP contribution in [0.3, 0.4) is 0 Å². The van der Waals surface area contributed by atoms with Gasteiger partial charge in [-0.15, -0.1) is 24.0 Å². The van der Waals surface area contributed by atoms with Gasteiger partial charge in [0, 0.05) is 37.5 Å². The number of piperazine rings is 1. The highest BCUT2D eigenvalue weighted by atomic mass is 127. The van der Waals surface area contributed by atoms with E-state index in [9.17, 15) is 9.59 Å².